The molecule has 1 N–H and O–H groups in total. The number of para-hydroxylation sites is 1. The second-order valence-corrected chi connectivity index (χ2v) is 5.53. The van der Waals surface area contributed by atoms with Gasteiger partial charge in [-0.15, -0.1) is 0 Å². The highest BCUT2D eigenvalue weighted by molar-refractivity contribution is 5.94. The molecule has 0 unspecified atom stereocenters. The van der Waals surface area contributed by atoms with E-state index in [0.29, 0.717) is 6.42 Å². The Morgan fingerprint density at radius 3 is 2.92 bits per heavy atom. The molecule has 1 aromatic carbocycles. The van der Waals surface area contributed by atoms with Gasteiger partial charge in [0.2, 0.25) is 0 Å². The smallest absolute Gasteiger partial charge is 0.416 e. The quantitative estimate of drug-likeness (QED) is 0.819. The molecule has 1 aromatic heterocycles. The normalized spacial score (nSPS) is 14.0. The van der Waals surface area contributed by atoms with Crippen LogP contribution >= 0.6 is 0 Å². The number of H-pyrrole nitrogens is 1. The summed E-state index contributed by atoms with van der Waals surface area (Å²) in [5.41, 5.74) is 2.22. The average molecular weight is 330 g/mol. The summed E-state index contributed by atoms with van der Waals surface area (Å²) in [4.78, 5) is 38.8. The number of aromatic nitrogens is 1. The zero-order valence-corrected chi connectivity index (χ0v) is 13.1. The van der Waals surface area contributed by atoms with Crippen LogP contribution in [0.3, 0.4) is 0 Å². The maximum absolute atomic E-state index is 11.7. The molecule has 3 rings (SSSR count). The van der Waals surface area contributed by atoms with Gasteiger partial charge in [0.15, 0.2) is 6.61 Å². The fourth-order valence-corrected chi connectivity index (χ4v) is 2.67. The molecule has 0 bridgehead atoms. The number of rotatable bonds is 6. The van der Waals surface area contributed by atoms with Gasteiger partial charge in [-0.3, -0.25) is 9.59 Å². The van der Waals surface area contributed by atoms with E-state index in [-0.39, 0.29) is 19.6 Å². The van der Waals surface area contributed by atoms with Crippen molar-refractivity contribution in [2.75, 3.05) is 19.8 Å². The number of aromatic amines is 1. The lowest BCUT2D eigenvalue weighted by Crippen LogP contribution is -2.35. The lowest BCUT2D eigenvalue weighted by atomic mass is 10.1. The number of ether oxygens (including phenoxy) is 2. The molecule has 2 aromatic rings. The summed E-state index contributed by atoms with van der Waals surface area (Å²) < 4.78 is 9.58. The minimum Gasteiger partial charge on any atom is -0.456 e. The summed E-state index contributed by atoms with van der Waals surface area (Å²) in [6.07, 6.45) is 2.84. The highest BCUT2D eigenvalue weighted by Crippen LogP contribution is 2.19. The van der Waals surface area contributed by atoms with E-state index in [4.69, 9.17) is 4.74 Å². The number of aryl methyl sites for hydroxylation is 1. The number of carbonyl (C=O) groups excluding carboxylic acids is 3. The molecular weight excluding hydrogens is 312 g/mol. The molecular formula is C17H18N2O5. The Bertz CT molecular complexity index is 767. The lowest BCUT2D eigenvalue weighted by molar-refractivity contribution is -0.150. The van der Waals surface area contributed by atoms with Crippen molar-refractivity contribution in [2.45, 2.75) is 19.3 Å². The van der Waals surface area contributed by atoms with E-state index in [1.807, 2.05) is 30.5 Å². The number of cyclic esters (lactones) is 1. The molecule has 24 heavy (non-hydrogen) atoms. The van der Waals surface area contributed by atoms with Gasteiger partial charge < -0.3 is 14.5 Å². The number of imide groups is 1. The summed E-state index contributed by atoms with van der Waals surface area (Å²) >= 11 is 0. The molecule has 0 atom stereocenters. The number of hydrogen-bond donors (Lipinski definition) is 1. The number of esters is 1. The summed E-state index contributed by atoms with van der Waals surface area (Å²) in [6, 6.07) is 7.98. The van der Waals surface area contributed by atoms with Crippen molar-refractivity contribution in [2.24, 2.45) is 0 Å². The van der Waals surface area contributed by atoms with Crippen molar-refractivity contribution in [1.29, 1.82) is 0 Å². The topological polar surface area (TPSA) is 88.7 Å². The predicted octanol–water partition coefficient (Wildman–Crippen LogP) is 2.01. The van der Waals surface area contributed by atoms with Gasteiger partial charge in [-0.2, -0.15) is 0 Å². The first kappa shape index (κ1) is 16.0. The second kappa shape index (κ2) is 7.16. The molecule has 0 saturated carbocycles. The first-order chi connectivity index (χ1) is 11.6. The maximum Gasteiger partial charge on any atom is 0.416 e. The number of carbonyl (C=O) groups is 3. The van der Waals surface area contributed by atoms with E-state index in [2.05, 4.69) is 9.72 Å². The molecule has 7 nitrogen and oxygen atoms in total. The Kier molecular flexibility index (Phi) is 4.79. The second-order valence-electron chi connectivity index (χ2n) is 5.53. The molecule has 1 saturated heterocycles. The number of benzene rings is 1. The van der Waals surface area contributed by atoms with Gasteiger partial charge in [0.25, 0.3) is 5.91 Å². The lowest BCUT2D eigenvalue weighted by Gasteiger charge is -2.10. The van der Waals surface area contributed by atoms with E-state index in [1.165, 1.54) is 0 Å². The predicted molar refractivity (Wildman–Crippen MR) is 85.3 cm³/mol. The average Bonchev–Trinajstić information content (AvgIpc) is 3.19. The molecule has 0 spiro atoms. The van der Waals surface area contributed by atoms with E-state index >= 15 is 0 Å². The Morgan fingerprint density at radius 2 is 2.12 bits per heavy atom. The van der Waals surface area contributed by atoms with Crippen LogP contribution in [0.4, 0.5) is 4.79 Å². The van der Waals surface area contributed by atoms with Crippen LogP contribution < -0.4 is 0 Å². The zero-order valence-electron chi connectivity index (χ0n) is 13.1. The van der Waals surface area contributed by atoms with Crippen LogP contribution in [0.2, 0.25) is 0 Å². The number of nitrogens with zero attached hydrogens (tertiary/aromatic N) is 1. The van der Waals surface area contributed by atoms with E-state index in [0.717, 1.165) is 27.8 Å². The van der Waals surface area contributed by atoms with Crippen molar-refractivity contribution in [1.82, 2.24) is 9.88 Å². The van der Waals surface area contributed by atoms with Crippen LogP contribution in [0.15, 0.2) is 30.5 Å². The first-order valence-corrected chi connectivity index (χ1v) is 7.83. The maximum atomic E-state index is 11.7. The van der Waals surface area contributed by atoms with Crippen LogP contribution in [0.1, 0.15) is 18.4 Å². The standard InChI is InChI=1S/C17H18N2O5/c20-15(19-8-9-23-17(19)22)11-24-16(21)7-3-4-12-10-18-14-6-2-1-5-13(12)14/h1-2,5-6,10,18H,3-4,7-9,11H2. The highest BCUT2D eigenvalue weighted by Gasteiger charge is 2.28. The highest BCUT2D eigenvalue weighted by atomic mass is 16.6. The Hall–Kier alpha value is -2.83. The first-order valence-electron chi connectivity index (χ1n) is 7.83. The molecule has 1 aliphatic rings. The summed E-state index contributed by atoms with van der Waals surface area (Å²) in [6.45, 7) is -0.0417. The number of amides is 2. The van der Waals surface area contributed by atoms with E-state index < -0.39 is 24.6 Å². The molecule has 0 aliphatic carbocycles. The number of nitrogens with one attached hydrogen (secondary N) is 1. The molecule has 126 valence electrons. The van der Waals surface area contributed by atoms with Crippen molar-refractivity contribution in [3.05, 3.63) is 36.0 Å². The number of fused-ring (bicyclic) bond motifs is 1. The van der Waals surface area contributed by atoms with Gasteiger partial charge in [-0.1, -0.05) is 18.2 Å². The fraction of sp³-hybridized carbons (Fsp3) is 0.353. The minimum atomic E-state index is -0.685. The van der Waals surface area contributed by atoms with Gasteiger partial charge in [0.05, 0.1) is 6.54 Å². The summed E-state index contributed by atoms with van der Waals surface area (Å²) in [7, 11) is 0. The van der Waals surface area contributed by atoms with Crippen molar-refractivity contribution < 1.29 is 23.9 Å². The van der Waals surface area contributed by atoms with Gasteiger partial charge in [-0.05, 0) is 24.5 Å². The third kappa shape index (κ3) is 3.56. The van der Waals surface area contributed by atoms with Gasteiger partial charge in [0, 0.05) is 23.5 Å². The SMILES string of the molecule is O=C(CCCc1c[nH]c2ccccc12)OCC(=O)N1CCOC1=O. The molecule has 1 fully saturated rings. The molecule has 2 amide bonds. The third-order valence-electron chi connectivity index (χ3n) is 3.92. The van der Waals surface area contributed by atoms with Crippen molar-refractivity contribution in [3.63, 3.8) is 0 Å². The summed E-state index contributed by atoms with van der Waals surface area (Å²) in [5.74, 6) is -1.00. The Morgan fingerprint density at radius 1 is 1.29 bits per heavy atom. The van der Waals surface area contributed by atoms with Gasteiger partial charge in [0.1, 0.15) is 6.61 Å². The van der Waals surface area contributed by atoms with Crippen LogP contribution in [-0.4, -0.2) is 47.6 Å². The molecule has 1 aliphatic heterocycles. The van der Waals surface area contributed by atoms with Crippen LogP contribution in [0.5, 0.6) is 0 Å². The van der Waals surface area contributed by atoms with Crippen molar-refractivity contribution in [3.8, 4) is 0 Å². The van der Waals surface area contributed by atoms with Gasteiger partial charge >= 0.3 is 12.1 Å². The monoisotopic (exact) mass is 330 g/mol. The minimum absolute atomic E-state index is 0.184. The van der Waals surface area contributed by atoms with Crippen LogP contribution in [-0.2, 0) is 25.5 Å². The molecule has 7 heteroatoms. The van der Waals surface area contributed by atoms with E-state index in [9.17, 15) is 14.4 Å². The van der Waals surface area contributed by atoms with Gasteiger partial charge in [-0.25, -0.2) is 9.69 Å². The third-order valence-corrected chi connectivity index (χ3v) is 3.92. The zero-order chi connectivity index (χ0) is 16.9. The Labute approximate surface area is 138 Å². The van der Waals surface area contributed by atoms with Crippen molar-refractivity contribution >= 4 is 28.9 Å². The fourth-order valence-electron chi connectivity index (χ4n) is 2.67. The molecule has 2 heterocycles. The largest absolute Gasteiger partial charge is 0.456 e. The van der Waals surface area contributed by atoms with Crippen LogP contribution in [0, 0.1) is 0 Å². The van der Waals surface area contributed by atoms with E-state index in [1.54, 1.807) is 0 Å². The number of hydrogen-bond acceptors (Lipinski definition) is 5. The Balaban J connectivity index is 1.41. The summed E-state index contributed by atoms with van der Waals surface area (Å²) in [5, 5.41) is 1.15. The molecule has 0 radical (unpaired) electrons. The van der Waals surface area contributed by atoms with Crippen LogP contribution in [0.25, 0.3) is 10.9 Å².